The Morgan fingerprint density at radius 2 is 1.85 bits per heavy atom. The van der Waals surface area contributed by atoms with E-state index in [2.05, 4.69) is 0 Å². The van der Waals surface area contributed by atoms with Crippen molar-refractivity contribution in [3.8, 4) is 5.75 Å². The van der Waals surface area contributed by atoms with Crippen LogP contribution in [0.3, 0.4) is 0 Å². The number of benzene rings is 2. The van der Waals surface area contributed by atoms with Gasteiger partial charge in [-0.15, -0.1) is 0 Å². The maximum Gasteiger partial charge on any atom is 0.323 e. The molecule has 0 spiro atoms. The standard InChI is InChI=1S/C20H17NO4S2/c1-13-2-4-15(5-3-13)12-25-16-8-6-14(7-9-16)10-17-19(24)21(11-18(22)23)20(26)27-17/h2-10H,11-12H2,1H3,(H,22,23)/b17-10+. The van der Waals surface area contributed by atoms with Crippen LogP contribution in [0.15, 0.2) is 53.4 Å². The van der Waals surface area contributed by atoms with Crippen molar-refractivity contribution in [3.05, 3.63) is 70.1 Å². The first-order valence-electron chi connectivity index (χ1n) is 8.18. The zero-order valence-electron chi connectivity index (χ0n) is 14.5. The molecular weight excluding hydrogens is 382 g/mol. The van der Waals surface area contributed by atoms with Crippen LogP contribution in [-0.2, 0) is 16.2 Å². The summed E-state index contributed by atoms with van der Waals surface area (Å²) in [6.07, 6.45) is 1.70. The first kappa shape index (κ1) is 19.1. The van der Waals surface area contributed by atoms with Crippen LogP contribution in [0.4, 0.5) is 0 Å². The van der Waals surface area contributed by atoms with Crippen LogP contribution in [0.25, 0.3) is 6.08 Å². The van der Waals surface area contributed by atoms with Crippen molar-refractivity contribution in [2.45, 2.75) is 13.5 Å². The lowest BCUT2D eigenvalue weighted by Crippen LogP contribution is -2.33. The number of aliphatic carboxylic acids is 1. The number of thioether (sulfide) groups is 1. The molecule has 5 nitrogen and oxygen atoms in total. The summed E-state index contributed by atoms with van der Waals surface area (Å²) in [7, 11) is 0. The van der Waals surface area contributed by atoms with Gasteiger partial charge in [-0.25, -0.2) is 0 Å². The smallest absolute Gasteiger partial charge is 0.323 e. The van der Waals surface area contributed by atoms with Gasteiger partial charge in [-0.05, 0) is 36.3 Å². The van der Waals surface area contributed by atoms with E-state index in [1.54, 1.807) is 6.08 Å². The largest absolute Gasteiger partial charge is 0.489 e. The van der Waals surface area contributed by atoms with Gasteiger partial charge in [0.2, 0.25) is 0 Å². The van der Waals surface area contributed by atoms with Gasteiger partial charge in [0.15, 0.2) is 0 Å². The van der Waals surface area contributed by atoms with Crippen molar-refractivity contribution < 1.29 is 19.4 Å². The Bertz CT molecular complexity index is 905. The quantitative estimate of drug-likeness (QED) is 0.588. The Hall–Kier alpha value is -2.64. The van der Waals surface area contributed by atoms with Gasteiger partial charge in [0, 0.05) is 0 Å². The molecule has 0 unspecified atom stereocenters. The summed E-state index contributed by atoms with van der Waals surface area (Å²) in [6, 6.07) is 15.5. The fourth-order valence-corrected chi connectivity index (χ4v) is 3.69. The summed E-state index contributed by atoms with van der Waals surface area (Å²) in [5.74, 6) is -0.749. The molecule has 0 aromatic heterocycles. The van der Waals surface area contributed by atoms with Gasteiger partial charge < -0.3 is 9.84 Å². The van der Waals surface area contributed by atoms with Gasteiger partial charge in [0.05, 0.1) is 4.91 Å². The molecular formula is C20H17NO4S2. The molecule has 1 aliphatic rings. The number of carbonyl (C=O) groups excluding carboxylic acids is 1. The van der Waals surface area contributed by atoms with Crippen molar-refractivity contribution in [2.24, 2.45) is 0 Å². The highest BCUT2D eigenvalue weighted by atomic mass is 32.2. The first-order chi connectivity index (χ1) is 12.9. The molecule has 0 atom stereocenters. The van der Waals surface area contributed by atoms with E-state index < -0.39 is 12.5 Å². The van der Waals surface area contributed by atoms with Gasteiger partial charge in [0.1, 0.15) is 23.2 Å². The molecule has 3 rings (SSSR count). The predicted molar refractivity (Wildman–Crippen MR) is 109 cm³/mol. The maximum absolute atomic E-state index is 12.3. The van der Waals surface area contributed by atoms with Crippen molar-refractivity contribution >= 4 is 46.3 Å². The number of hydrogen-bond donors (Lipinski definition) is 1. The minimum Gasteiger partial charge on any atom is -0.489 e. The van der Waals surface area contributed by atoms with Crippen LogP contribution < -0.4 is 4.74 Å². The average molecular weight is 399 g/mol. The molecule has 1 amide bonds. The van der Waals surface area contributed by atoms with Crippen LogP contribution in [-0.4, -0.2) is 32.7 Å². The molecule has 0 radical (unpaired) electrons. The number of amides is 1. The Balaban J connectivity index is 1.64. The molecule has 7 heteroatoms. The lowest BCUT2D eigenvalue weighted by atomic mass is 10.1. The molecule has 1 heterocycles. The van der Waals surface area contributed by atoms with E-state index in [9.17, 15) is 9.59 Å². The number of nitrogens with zero attached hydrogens (tertiary/aromatic N) is 1. The van der Waals surface area contributed by atoms with Crippen LogP contribution in [0.2, 0.25) is 0 Å². The van der Waals surface area contributed by atoms with Crippen molar-refractivity contribution in [2.75, 3.05) is 6.54 Å². The van der Waals surface area contributed by atoms with Crippen molar-refractivity contribution in [1.82, 2.24) is 4.90 Å². The number of carboxylic acid groups (broad SMARTS) is 1. The van der Waals surface area contributed by atoms with Gasteiger partial charge in [-0.2, -0.15) is 0 Å². The third kappa shape index (κ3) is 4.96. The average Bonchev–Trinajstić information content (AvgIpc) is 2.89. The zero-order chi connectivity index (χ0) is 19.4. The normalized spacial score (nSPS) is 15.4. The molecule has 1 N–H and O–H groups in total. The minimum absolute atomic E-state index is 0.256. The molecule has 27 heavy (non-hydrogen) atoms. The van der Waals surface area contributed by atoms with Crippen LogP contribution in [0, 0.1) is 6.92 Å². The Labute approximate surface area is 166 Å². The Morgan fingerprint density at radius 1 is 1.19 bits per heavy atom. The van der Waals surface area contributed by atoms with E-state index in [1.165, 1.54) is 5.56 Å². The second kappa shape index (κ2) is 8.37. The second-order valence-corrected chi connectivity index (χ2v) is 7.68. The first-order valence-corrected chi connectivity index (χ1v) is 9.40. The molecule has 2 aromatic carbocycles. The molecule has 1 aliphatic heterocycles. The highest BCUT2D eigenvalue weighted by Gasteiger charge is 2.33. The molecule has 0 bridgehead atoms. The van der Waals surface area contributed by atoms with E-state index in [1.807, 2.05) is 55.5 Å². The van der Waals surface area contributed by atoms with E-state index in [0.717, 1.165) is 33.5 Å². The monoisotopic (exact) mass is 399 g/mol. The highest BCUT2D eigenvalue weighted by Crippen LogP contribution is 2.32. The maximum atomic E-state index is 12.3. The molecule has 1 saturated heterocycles. The zero-order valence-corrected chi connectivity index (χ0v) is 16.2. The fraction of sp³-hybridized carbons (Fsp3) is 0.150. The second-order valence-electron chi connectivity index (χ2n) is 6.00. The predicted octanol–water partition coefficient (Wildman–Crippen LogP) is 3.86. The lowest BCUT2D eigenvalue weighted by Gasteiger charge is -2.10. The Morgan fingerprint density at radius 3 is 2.48 bits per heavy atom. The number of hydrogen-bond acceptors (Lipinski definition) is 5. The number of carboxylic acids is 1. The number of aryl methyl sites for hydroxylation is 1. The summed E-state index contributed by atoms with van der Waals surface area (Å²) in [5.41, 5.74) is 3.11. The van der Waals surface area contributed by atoms with Gasteiger partial charge in [-0.3, -0.25) is 14.5 Å². The molecule has 0 aliphatic carbocycles. The SMILES string of the molecule is Cc1ccc(COc2ccc(/C=C3/SC(=S)N(CC(=O)O)C3=O)cc2)cc1. The van der Waals surface area contributed by atoms with Crippen molar-refractivity contribution in [1.29, 1.82) is 0 Å². The molecule has 138 valence electrons. The number of rotatable bonds is 6. The summed E-state index contributed by atoms with van der Waals surface area (Å²) < 4.78 is 6.02. The summed E-state index contributed by atoms with van der Waals surface area (Å²) in [4.78, 5) is 24.6. The number of ether oxygens (including phenoxy) is 1. The topological polar surface area (TPSA) is 66.8 Å². The summed E-state index contributed by atoms with van der Waals surface area (Å²) in [6.45, 7) is 2.10. The fourth-order valence-electron chi connectivity index (χ4n) is 2.43. The van der Waals surface area contributed by atoms with Crippen LogP contribution in [0.5, 0.6) is 5.75 Å². The van der Waals surface area contributed by atoms with Gasteiger partial charge in [-0.1, -0.05) is 65.9 Å². The summed E-state index contributed by atoms with van der Waals surface area (Å²) >= 11 is 6.19. The van der Waals surface area contributed by atoms with Gasteiger partial charge in [0.25, 0.3) is 5.91 Å². The van der Waals surface area contributed by atoms with E-state index >= 15 is 0 Å². The lowest BCUT2D eigenvalue weighted by molar-refractivity contribution is -0.140. The molecule has 2 aromatic rings. The van der Waals surface area contributed by atoms with Crippen LogP contribution >= 0.6 is 24.0 Å². The number of carbonyl (C=O) groups is 2. The molecule has 0 saturated carbocycles. The molecule has 1 fully saturated rings. The van der Waals surface area contributed by atoms with E-state index in [-0.39, 0.29) is 10.2 Å². The van der Waals surface area contributed by atoms with E-state index in [4.69, 9.17) is 22.1 Å². The Kier molecular flexibility index (Phi) is 5.93. The van der Waals surface area contributed by atoms with Crippen LogP contribution in [0.1, 0.15) is 16.7 Å². The third-order valence-corrected chi connectivity index (χ3v) is 5.25. The van der Waals surface area contributed by atoms with E-state index in [0.29, 0.717) is 11.5 Å². The third-order valence-electron chi connectivity index (χ3n) is 3.87. The number of thiocarbonyl (C=S) groups is 1. The minimum atomic E-state index is -1.09. The highest BCUT2D eigenvalue weighted by molar-refractivity contribution is 8.26. The van der Waals surface area contributed by atoms with Crippen molar-refractivity contribution in [3.63, 3.8) is 0 Å². The van der Waals surface area contributed by atoms with Gasteiger partial charge >= 0.3 is 5.97 Å². The summed E-state index contributed by atoms with van der Waals surface area (Å²) in [5, 5.41) is 8.87.